The van der Waals surface area contributed by atoms with Crippen LogP contribution in [0.3, 0.4) is 0 Å². The second kappa shape index (κ2) is 10.4. The van der Waals surface area contributed by atoms with E-state index in [1.807, 2.05) is 24.0 Å². The fourth-order valence-corrected chi connectivity index (χ4v) is 4.02. The third-order valence-corrected chi connectivity index (χ3v) is 5.84. The molecule has 2 aliphatic rings. The Morgan fingerprint density at radius 1 is 1.29 bits per heavy atom. The monoisotopic (exact) mass is 502 g/mol. The Bertz CT molecular complexity index is 675. The van der Waals surface area contributed by atoms with Gasteiger partial charge in [-0.15, -0.1) is 24.0 Å². The van der Waals surface area contributed by atoms with E-state index in [1.54, 1.807) is 12.1 Å². The summed E-state index contributed by atoms with van der Waals surface area (Å²) in [7, 11) is 0. The van der Waals surface area contributed by atoms with Crippen molar-refractivity contribution in [3.8, 4) is 0 Å². The van der Waals surface area contributed by atoms with E-state index in [4.69, 9.17) is 4.99 Å². The number of benzene rings is 1. The average Bonchev–Trinajstić information content (AvgIpc) is 3.10. The Kier molecular flexibility index (Phi) is 8.52. The maximum atomic E-state index is 13.3. The molecule has 1 aromatic carbocycles. The summed E-state index contributed by atoms with van der Waals surface area (Å²) in [5.74, 6) is 0.826. The van der Waals surface area contributed by atoms with Gasteiger partial charge in [-0.2, -0.15) is 0 Å². The quantitative estimate of drug-likeness (QED) is 0.356. The molecule has 5 nitrogen and oxygen atoms in total. The average molecular weight is 502 g/mol. The normalized spacial score (nSPS) is 20.9. The van der Waals surface area contributed by atoms with Crippen molar-refractivity contribution in [1.82, 2.24) is 15.5 Å². The molecule has 156 valence electrons. The fourth-order valence-electron chi connectivity index (χ4n) is 4.02. The smallest absolute Gasteiger partial charge is 0.222 e. The van der Waals surface area contributed by atoms with Crippen LogP contribution < -0.4 is 10.6 Å². The van der Waals surface area contributed by atoms with Gasteiger partial charge in [0.25, 0.3) is 0 Å². The van der Waals surface area contributed by atoms with Gasteiger partial charge < -0.3 is 15.5 Å². The number of carbonyl (C=O) groups is 1. The molecule has 2 N–H and O–H groups in total. The van der Waals surface area contributed by atoms with Gasteiger partial charge >= 0.3 is 0 Å². The van der Waals surface area contributed by atoms with Crippen molar-refractivity contribution in [2.45, 2.75) is 57.4 Å². The summed E-state index contributed by atoms with van der Waals surface area (Å²) >= 11 is 0. The fraction of sp³-hybridized carbons (Fsp3) is 0.619. The van der Waals surface area contributed by atoms with E-state index in [9.17, 15) is 9.18 Å². The maximum absolute atomic E-state index is 13.3. The van der Waals surface area contributed by atoms with Crippen molar-refractivity contribution >= 4 is 35.8 Å². The lowest BCUT2D eigenvalue weighted by Gasteiger charge is -2.41. The maximum Gasteiger partial charge on any atom is 0.222 e. The van der Waals surface area contributed by atoms with E-state index in [0.29, 0.717) is 13.0 Å². The van der Waals surface area contributed by atoms with E-state index < -0.39 is 0 Å². The highest BCUT2D eigenvalue weighted by Crippen LogP contribution is 2.44. The first kappa shape index (κ1) is 22.9. The van der Waals surface area contributed by atoms with Crippen LogP contribution in [0, 0.1) is 5.82 Å². The Morgan fingerprint density at radius 2 is 2.00 bits per heavy atom. The number of aliphatic imine (C=N–C) groups is 1. The molecule has 0 radical (unpaired) electrons. The summed E-state index contributed by atoms with van der Waals surface area (Å²) in [6.45, 7) is 6.99. The van der Waals surface area contributed by atoms with Crippen LogP contribution in [-0.2, 0) is 10.2 Å². The number of hydrogen-bond donors (Lipinski definition) is 2. The number of amides is 1. The highest BCUT2D eigenvalue weighted by atomic mass is 127. The van der Waals surface area contributed by atoms with Crippen LogP contribution in [0.4, 0.5) is 4.39 Å². The van der Waals surface area contributed by atoms with Gasteiger partial charge in [0.05, 0.1) is 6.54 Å². The standard InChI is InChI=1S/C21H31FN4O.HI/c1-3-19(27)26-13-10-18(14-26)25-20(23-4-2)24-15-21(11-5-12-21)16-6-8-17(22)9-7-16;/h6-9,18H,3-5,10-15H2,1-2H3,(H2,23,24,25);1H. The van der Waals surface area contributed by atoms with Gasteiger partial charge in [-0.05, 0) is 43.9 Å². The third-order valence-electron chi connectivity index (χ3n) is 5.84. The van der Waals surface area contributed by atoms with Gasteiger partial charge in [0, 0.05) is 37.5 Å². The van der Waals surface area contributed by atoms with Gasteiger partial charge in [0.2, 0.25) is 5.91 Å². The third kappa shape index (κ3) is 5.36. The summed E-state index contributed by atoms with van der Waals surface area (Å²) < 4.78 is 13.3. The number of hydrogen-bond acceptors (Lipinski definition) is 2. The number of guanidine groups is 1. The predicted octanol–water partition coefficient (Wildman–Crippen LogP) is 3.43. The Balaban J connectivity index is 0.00000280. The first-order valence-electron chi connectivity index (χ1n) is 10.1. The second-order valence-electron chi connectivity index (χ2n) is 7.66. The van der Waals surface area contributed by atoms with Crippen LogP contribution in [0.2, 0.25) is 0 Å². The number of nitrogens with one attached hydrogen (secondary N) is 2. The summed E-state index contributed by atoms with van der Waals surface area (Å²) in [5.41, 5.74) is 1.20. The number of carbonyl (C=O) groups excluding carboxylic acids is 1. The largest absolute Gasteiger partial charge is 0.357 e. The highest BCUT2D eigenvalue weighted by molar-refractivity contribution is 14.0. The molecule has 1 aliphatic carbocycles. The molecule has 2 fully saturated rings. The van der Waals surface area contributed by atoms with E-state index >= 15 is 0 Å². The van der Waals surface area contributed by atoms with Gasteiger partial charge in [0.1, 0.15) is 5.82 Å². The van der Waals surface area contributed by atoms with Crippen LogP contribution in [0.25, 0.3) is 0 Å². The zero-order valence-electron chi connectivity index (χ0n) is 16.8. The molecule has 0 spiro atoms. The molecule has 1 atom stereocenters. The molecule has 0 aromatic heterocycles. The van der Waals surface area contributed by atoms with E-state index in [0.717, 1.165) is 44.9 Å². The molecule has 1 aromatic rings. The number of likely N-dealkylation sites (tertiary alicyclic amines) is 1. The molecule has 1 aliphatic heterocycles. The lowest BCUT2D eigenvalue weighted by Crippen LogP contribution is -2.46. The molecule has 7 heteroatoms. The summed E-state index contributed by atoms with van der Waals surface area (Å²) in [6.07, 6.45) is 4.86. The number of nitrogens with zero attached hydrogens (tertiary/aromatic N) is 2. The first-order valence-corrected chi connectivity index (χ1v) is 10.1. The van der Waals surface area contributed by atoms with Crippen LogP contribution in [0.1, 0.15) is 51.5 Å². The number of rotatable bonds is 6. The van der Waals surface area contributed by atoms with Crippen LogP contribution >= 0.6 is 24.0 Å². The first-order chi connectivity index (χ1) is 13.1. The molecular formula is C21H32FIN4O. The highest BCUT2D eigenvalue weighted by Gasteiger charge is 2.38. The van der Waals surface area contributed by atoms with Gasteiger partial charge in [-0.3, -0.25) is 9.79 Å². The van der Waals surface area contributed by atoms with Crippen molar-refractivity contribution in [1.29, 1.82) is 0 Å². The summed E-state index contributed by atoms with van der Waals surface area (Å²) in [6, 6.07) is 7.12. The summed E-state index contributed by atoms with van der Waals surface area (Å²) in [5, 5.41) is 6.82. The molecular weight excluding hydrogens is 470 g/mol. The Hall–Kier alpha value is -1.38. The minimum atomic E-state index is -0.195. The van der Waals surface area contributed by atoms with E-state index in [2.05, 4.69) is 17.6 Å². The molecule has 1 saturated heterocycles. The topological polar surface area (TPSA) is 56.7 Å². The molecule has 1 saturated carbocycles. The lowest BCUT2D eigenvalue weighted by atomic mass is 9.64. The molecule has 1 unspecified atom stereocenters. The van der Waals surface area contributed by atoms with Crippen LogP contribution in [-0.4, -0.2) is 49.0 Å². The van der Waals surface area contributed by atoms with Gasteiger partial charge in [0.15, 0.2) is 5.96 Å². The summed E-state index contributed by atoms with van der Waals surface area (Å²) in [4.78, 5) is 18.7. The predicted molar refractivity (Wildman–Crippen MR) is 122 cm³/mol. The molecule has 3 rings (SSSR count). The van der Waals surface area contributed by atoms with Crippen molar-refractivity contribution in [2.24, 2.45) is 4.99 Å². The molecule has 1 heterocycles. The Labute approximate surface area is 184 Å². The van der Waals surface area contributed by atoms with E-state index in [1.165, 1.54) is 12.0 Å². The SMILES string of the molecule is CCNC(=NCC1(c2ccc(F)cc2)CCC1)NC1CCN(C(=O)CC)C1.I. The van der Waals surface area contributed by atoms with Crippen LogP contribution in [0.5, 0.6) is 0 Å². The molecule has 0 bridgehead atoms. The number of halogens is 2. The van der Waals surface area contributed by atoms with Crippen molar-refractivity contribution in [2.75, 3.05) is 26.2 Å². The molecule has 28 heavy (non-hydrogen) atoms. The minimum Gasteiger partial charge on any atom is -0.357 e. The Morgan fingerprint density at radius 3 is 2.57 bits per heavy atom. The van der Waals surface area contributed by atoms with Crippen molar-refractivity contribution in [3.05, 3.63) is 35.6 Å². The van der Waals surface area contributed by atoms with Gasteiger partial charge in [-0.1, -0.05) is 25.5 Å². The zero-order chi connectivity index (χ0) is 19.3. The van der Waals surface area contributed by atoms with E-state index in [-0.39, 0.29) is 47.2 Å². The zero-order valence-corrected chi connectivity index (χ0v) is 19.2. The minimum absolute atomic E-state index is 0. The van der Waals surface area contributed by atoms with Crippen molar-refractivity contribution < 1.29 is 9.18 Å². The van der Waals surface area contributed by atoms with Gasteiger partial charge in [-0.25, -0.2) is 4.39 Å². The van der Waals surface area contributed by atoms with Crippen LogP contribution in [0.15, 0.2) is 29.3 Å². The molecule has 1 amide bonds. The van der Waals surface area contributed by atoms with Crippen molar-refractivity contribution in [3.63, 3.8) is 0 Å². The lowest BCUT2D eigenvalue weighted by molar-refractivity contribution is -0.129. The second-order valence-corrected chi connectivity index (χ2v) is 7.66.